The fourth-order valence-electron chi connectivity index (χ4n) is 2.65. The van der Waals surface area contributed by atoms with Crippen molar-refractivity contribution < 1.29 is 14.3 Å². The van der Waals surface area contributed by atoms with Gasteiger partial charge < -0.3 is 20.3 Å². The van der Waals surface area contributed by atoms with E-state index in [1.54, 1.807) is 53.4 Å². The summed E-state index contributed by atoms with van der Waals surface area (Å²) in [6.45, 7) is 11.6. The van der Waals surface area contributed by atoms with Crippen molar-refractivity contribution in [3.8, 4) is 5.75 Å². The number of benzene rings is 2. The molecule has 0 aliphatic heterocycles. The second kappa shape index (κ2) is 10.9. The number of carbonyl (C=O) groups is 2. The number of nitrogens with one attached hydrogen (secondary N) is 2. The molecule has 0 atom stereocenters. The molecule has 154 valence electrons. The van der Waals surface area contributed by atoms with E-state index >= 15 is 0 Å². The van der Waals surface area contributed by atoms with Crippen LogP contribution in [0.3, 0.4) is 0 Å². The molecule has 2 rings (SSSR count). The van der Waals surface area contributed by atoms with E-state index in [1.807, 2.05) is 20.8 Å². The molecule has 29 heavy (non-hydrogen) atoms. The first-order valence-electron chi connectivity index (χ1n) is 9.73. The van der Waals surface area contributed by atoms with Gasteiger partial charge in [0, 0.05) is 30.0 Å². The number of ether oxygens (including phenoxy) is 1. The monoisotopic (exact) mass is 395 g/mol. The zero-order chi connectivity index (χ0) is 21.2. The number of rotatable bonds is 10. The molecule has 0 bridgehead atoms. The van der Waals surface area contributed by atoms with Crippen LogP contribution < -0.4 is 15.4 Å². The van der Waals surface area contributed by atoms with E-state index in [0.717, 1.165) is 17.0 Å². The van der Waals surface area contributed by atoms with Crippen LogP contribution in [-0.4, -0.2) is 43.0 Å². The van der Waals surface area contributed by atoms with Crippen LogP contribution in [-0.2, 0) is 4.79 Å². The maximum Gasteiger partial charge on any atom is 0.253 e. The lowest BCUT2D eigenvalue weighted by molar-refractivity contribution is -0.114. The smallest absolute Gasteiger partial charge is 0.253 e. The highest BCUT2D eigenvalue weighted by Gasteiger charge is 2.12. The van der Waals surface area contributed by atoms with Crippen LogP contribution >= 0.6 is 0 Å². The van der Waals surface area contributed by atoms with Crippen LogP contribution in [0.1, 0.15) is 31.1 Å². The Bertz CT molecular complexity index is 825. The molecule has 0 radical (unpaired) electrons. The van der Waals surface area contributed by atoms with Gasteiger partial charge in [0.1, 0.15) is 12.4 Å². The standard InChI is InChI=1S/C23H29N3O3/c1-5-26(6-2)23(28)18-7-9-19(10-8-18)24-15-22(27)25-20-11-13-21(14-12-20)29-16-17(3)4/h7-14,24H,3,5-6,15-16H2,1-2,4H3,(H,25,27). The van der Waals surface area contributed by atoms with Crippen molar-refractivity contribution in [2.75, 3.05) is 36.9 Å². The van der Waals surface area contributed by atoms with Gasteiger partial charge in [-0.25, -0.2) is 0 Å². The molecule has 0 spiro atoms. The Hall–Kier alpha value is -3.28. The first-order valence-corrected chi connectivity index (χ1v) is 9.73. The predicted octanol–water partition coefficient (Wildman–Crippen LogP) is 4.17. The Morgan fingerprint density at radius 2 is 1.55 bits per heavy atom. The summed E-state index contributed by atoms with van der Waals surface area (Å²) < 4.78 is 5.54. The van der Waals surface area contributed by atoms with E-state index < -0.39 is 0 Å². The zero-order valence-corrected chi connectivity index (χ0v) is 17.3. The molecule has 2 aromatic carbocycles. The molecule has 0 heterocycles. The molecule has 0 saturated heterocycles. The third kappa shape index (κ3) is 6.99. The maximum absolute atomic E-state index is 12.3. The number of nitrogens with zero attached hydrogens (tertiary/aromatic N) is 1. The topological polar surface area (TPSA) is 70.7 Å². The molecule has 0 aliphatic carbocycles. The van der Waals surface area contributed by atoms with Crippen LogP contribution in [0, 0.1) is 0 Å². The first kappa shape index (κ1) is 22.0. The Balaban J connectivity index is 1.83. The van der Waals surface area contributed by atoms with Crippen LogP contribution in [0.2, 0.25) is 0 Å². The zero-order valence-electron chi connectivity index (χ0n) is 17.3. The van der Waals surface area contributed by atoms with Crippen molar-refractivity contribution >= 4 is 23.2 Å². The lowest BCUT2D eigenvalue weighted by atomic mass is 10.1. The summed E-state index contributed by atoms with van der Waals surface area (Å²) in [4.78, 5) is 26.2. The van der Waals surface area contributed by atoms with Gasteiger partial charge in [-0.15, -0.1) is 0 Å². The van der Waals surface area contributed by atoms with E-state index in [0.29, 0.717) is 30.9 Å². The van der Waals surface area contributed by atoms with Gasteiger partial charge >= 0.3 is 0 Å². The summed E-state index contributed by atoms with van der Waals surface area (Å²) in [5, 5.41) is 5.89. The van der Waals surface area contributed by atoms with Crippen molar-refractivity contribution in [2.45, 2.75) is 20.8 Å². The number of hydrogen-bond acceptors (Lipinski definition) is 4. The van der Waals surface area contributed by atoms with Gasteiger partial charge in [-0.3, -0.25) is 9.59 Å². The fraction of sp³-hybridized carbons (Fsp3) is 0.304. The molecular formula is C23H29N3O3. The summed E-state index contributed by atoms with van der Waals surface area (Å²) in [5.41, 5.74) is 3.05. The SMILES string of the molecule is C=C(C)COc1ccc(NC(=O)CNc2ccc(C(=O)N(CC)CC)cc2)cc1. The molecule has 0 aliphatic rings. The van der Waals surface area contributed by atoms with Crippen LogP contribution in [0.15, 0.2) is 60.7 Å². The summed E-state index contributed by atoms with van der Waals surface area (Å²) >= 11 is 0. The van der Waals surface area contributed by atoms with Crippen LogP contribution in [0.5, 0.6) is 5.75 Å². The lowest BCUT2D eigenvalue weighted by Gasteiger charge is -2.18. The van der Waals surface area contributed by atoms with Crippen molar-refractivity contribution in [1.29, 1.82) is 0 Å². The van der Waals surface area contributed by atoms with Gasteiger partial charge in [0.2, 0.25) is 5.91 Å². The maximum atomic E-state index is 12.3. The summed E-state index contributed by atoms with van der Waals surface area (Å²) in [7, 11) is 0. The average Bonchev–Trinajstić information content (AvgIpc) is 2.73. The summed E-state index contributed by atoms with van der Waals surface area (Å²) in [5.74, 6) is 0.572. The second-order valence-electron chi connectivity index (χ2n) is 6.73. The fourth-order valence-corrected chi connectivity index (χ4v) is 2.65. The molecule has 0 unspecified atom stereocenters. The number of anilines is 2. The highest BCUT2D eigenvalue weighted by Crippen LogP contribution is 2.16. The molecule has 0 saturated carbocycles. The number of carbonyl (C=O) groups excluding carboxylic acids is 2. The number of amides is 2. The van der Waals surface area contributed by atoms with Crippen LogP contribution in [0.25, 0.3) is 0 Å². The third-order valence-corrected chi connectivity index (χ3v) is 4.26. The quantitative estimate of drug-likeness (QED) is 0.592. The predicted molar refractivity (Wildman–Crippen MR) is 118 cm³/mol. The largest absolute Gasteiger partial charge is 0.489 e. The van der Waals surface area contributed by atoms with Gasteiger partial charge in [-0.2, -0.15) is 0 Å². The molecule has 0 aromatic heterocycles. The highest BCUT2D eigenvalue weighted by atomic mass is 16.5. The van der Waals surface area contributed by atoms with Gasteiger partial charge in [0.05, 0.1) is 6.54 Å². The molecule has 2 N–H and O–H groups in total. The Kier molecular flexibility index (Phi) is 8.27. The molecule has 2 amide bonds. The molecule has 6 heteroatoms. The minimum absolute atomic E-state index is 0.00923. The molecular weight excluding hydrogens is 366 g/mol. The molecule has 0 fully saturated rings. The van der Waals surface area contributed by atoms with E-state index in [2.05, 4.69) is 17.2 Å². The first-order chi connectivity index (χ1) is 13.9. The van der Waals surface area contributed by atoms with E-state index in [1.165, 1.54) is 0 Å². The van der Waals surface area contributed by atoms with Gasteiger partial charge in [0.15, 0.2) is 0 Å². The van der Waals surface area contributed by atoms with E-state index in [-0.39, 0.29) is 18.4 Å². The normalized spacial score (nSPS) is 10.2. The number of hydrogen-bond donors (Lipinski definition) is 2. The van der Waals surface area contributed by atoms with Crippen molar-refractivity contribution in [3.05, 3.63) is 66.2 Å². The third-order valence-electron chi connectivity index (χ3n) is 4.26. The van der Waals surface area contributed by atoms with Crippen molar-refractivity contribution in [3.63, 3.8) is 0 Å². The second-order valence-corrected chi connectivity index (χ2v) is 6.73. The van der Waals surface area contributed by atoms with Gasteiger partial charge in [0.25, 0.3) is 5.91 Å². The Morgan fingerprint density at radius 1 is 0.966 bits per heavy atom. The van der Waals surface area contributed by atoms with Gasteiger partial charge in [-0.1, -0.05) is 6.58 Å². The highest BCUT2D eigenvalue weighted by molar-refractivity contribution is 5.95. The van der Waals surface area contributed by atoms with Gasteiger partial charge in [-0.05, 0) is 74.9 Å². The Labute approximate surface area is 172 Å². The van der Waals surface area contributed by atoms with Crippen LogP contribution in [0.4, 0.5) is 11.4 Å². The van der Waals surface area contributed by atoms with Crippen molar-refractivity contribution in [2.24, 2.45) is 0 Å². The molecule has 2 aromatic rings. The van der Waals surface area contributed by atoms with E-state index in [4.69, 9.17) is 4.74 Å². The van der Waals surface area contributed by atoms with Crippen molar-refractivity contribution in [1.82, 2.24) is 4.90 Å². The lowest BCUT2D eigenvalue weighted by Crippen LogP contribution is -2.30. The average molecular weight is 396 g/mol. The van der Waals surface area contributed by atoms with E-state index in [9.17, 15) is 9.59 Å². The minimum atomic E-state index is -0.163. The molecule has 6 nitrogen and oxygen atoms in total. The minimum Gasteiger partial charge on any atom is -0.489 e. The summed E-state index contributed by atoms with van der Waals surface area (Å²) in [6.07, 6.45) is 0. The summed E-state index contributed by atoms with van der Waals surface area (Å²) in [6, 6.07) is 14.3. The Morgan fingerprint density at radius 3 is 2.10 bits per heavy atom.